The van der Waals surface area contributed by atoms with Gasteiger partial charge in [0.05, 0.1) is 7.11 Å². The predicted octanol–water partition coefficient (Wildman–Crippen LogP) is 2.00. The van der Waals surface area contributed by atoms with Gasteiger partial charge in [0.1, 0.15) is 0 Å². The molecule has 0 aromatic heterocycles. The van der Waals surface area contributed by atoms with Crippen molar-refractivity contribution in [3.63, 3.8) is 0 Å². The molecule has 102 valence electrons. The molecule has 0 saturated heterocycles. The van der Waals surface area contributed by atoms with E-state index in [4.69, 9.17) is 22.4 Å². The number of thiocarbonyl (C=S) groups is 1. The molecule has 0 unspecified atom stereocenters. The third-order valence-electron chi connectivity index (χ3n) is 2.16. The highest BCUT2D eigenvalue weighted by molar-refractivity contribution is 7.80. The summed E-state index contributed by atoms with van der Waals surface area (Å²) in [6.07, 6.45) is 0. The van der Waals surface area contributed by atoms with Crippen molar-refractivity contribution in [3.8, 4) is 0 Å². The maximum absolute atomic E-state index is 12.1. The predicted molar refractivity (Wildman–Crippen MR) is 78.3 cm³/mol. The highest BCUT2D eigenvalue weighted by Gasteiger charge is 2.23. The van der Waals surface area contributed by atoms with Crippen LogP contribution in [-0.4, -0.2) is 35.7 Å². The van der Waals surface area contributed by atoms with Gasteiger partial charge in [0, 0.05) is 12.2 Å². The Balaban J connectivity index is 2.83. The van der Waals surface area contributed by atoms with Crippen LogP contribution in [0.1, 0.15) is 6.92 Å². The minimum Gasteiger partial charge on any atom is -0.468 e. The SMILES string of the molecule is CCNC(=S)N(C(=N)OC)C(=O)Nc1ccccc1. The molecule has 0 atom stereocenters. The topological polar surface area (TPSA) is 77.5 Å². The summed E-state index contributed by atoms with van der Waals surface area (Å²) in [6.45, 7) is 2.39. The van der Waals surface area contributed by atoms with E-state index in [0.29, 0.717) is 12.2 Å². The van der Waals surface area contributed by atoms with Crippen molar-refractivity contribution in [3.05, 3.63) is 30.3 Å². The first kappa shape index (κ1) is 14.9. The zero-order valence-electron chi connectivity index (χ0n) is 10.8. The summed E-state index contributed by atoms with van der Waals surface area (Å²) >= 11 is 5.04. The fourth-order valence-electron chi connectivity index (χ4n) is 1.30. The Bertz CT molecular complexity index is 464. The molecule has 1 rings (SSSR count). The highest BCUT2D eigenvalue weighted by Crippen LogP contribution is 2.07. The number of carbonyl (C=O) groups excluding carboxylic acids is 1. The number of urea groups is 1. The number of anilines is 1. The van der Waals surface area contributed by atoms with Crippen LogP contribution in [0.15, 0.2) is 30.3 Å². The molecule has 0 aliphatic heterocycles. The first-order chi connectivity index (χ1) is 9.10. The molecule has 0 aliphatic carbocycles. The van der Waals surface area contributed by atoms with E-state index >= 15 is 0 Å². The number of amidine groups is 1. The van der Waals surface area contributed by atoms with Gasteiger partial charge in [-0.1, -0.05) is 18.2 Å². The van der Waals surface area contributed by atoms with Crippen molar-refractivity contribution in [1.82, 2.24) is 10.2 Å². The third-order valence-corrected chi connectivity index (χ3v) is 2.48. The van der Waals surface area contributed by atoms with Crippen molar-refractivity contribution in [2.75, 3.05) is 19.0 Å². The number of ether oxygens (including phenoxy) is 1. The van der Waals surface area contributed by atoms with Gasteiger partial charge in [0.15, 0.2) is 5.11 Å². The number of para-hydroxylation sites is 1. The highest BCUT2D eigenvalue weighted by atomic mass is 32.1. The van der Waals surface area contributed by atoms with Crippen molar-refractivity contribution in [1.29, 1.82) is 5.41 Å². The summed E-state index contributed by atoms with van der Waals surface area (Å²) in [5, 5.41) is 13.2. The molecule has 0 fully saturated rings. The number of hydrogen-bond acceptors (Lipinski definition) is 4. The first-order valence-electron chi connectivity index (χ1n) is 5.66. The van der Waals surface area contributed by atoms with Gasteiger partial charge < -0.3 is 15.4 Å². The fourth-order valence-corrected chi connectivity index (χ4v) is 1.61. The van der Waals surface area contributed by atoms with Crippen LogP contribution in [0.4, 0.5) is 10.5 Å². The van der Waals surface area contributed by atoms with Gasteiger partial charge in [-0.3, -0.25) is 5.41 Å². The molecule has 0 spiro atoms. The molecule has 19 heavy (non-hydrogen) atoms. The second-order valence-electron chi connectivity index (χ2n) is 3.48. The minimum absolute atomic E-state index is 0.114. The van der Waals surface area contributed by atoms with Gasteiger partial charge in [-0.15, -0.1) is 0 Å². The molecular formula is C12H16N4O2S. The molecule has 0 bridgehead atoms. The monoisotopic (exact) mass is 280 g/mol. The van der Waals surface area contributed by atoms with E-state index in [1.807, 2.05) is 13.0 Å². The summed E-state index contributed by atoms with van der Waals surface area (Å²) in [4.78, 5) is 13.0. The van der Waals surface area contributed by atoms with Crippen LogP contribution in [0.3, 0.4) is 0 Å². The molecule has 7 heteroatoms. The van der Waals surface area contributed by atoms with Gasteiger partial charge in [-0.25, -0.2) is 4.79 Å². The smallest absolute Gasteiger partial charge is 0.336 e. The van der Waals surface area contributed by atoms with Gasteiger partial charge in [0.25, 0.3) is 6.02 Å². The largest absolute Gasteiger partial charge is 0.468 e. The van der Waals surface area contributed by atoms with E-state index in [-0.39, 0.29) is 11.1 Å². The Labute approximate surface area is 117 Å². The molecule has 0 radical (unpaired) electrons. The van der Waals surface area contributed by atoms with E-state index < -0.39 is 6.03 Å². The van der Waals surface area contributed by atoms with Gasteiger partial charge in [0.2, 0.25) is 0 Å². The zero-order valence-corrected chi connectivity index (χ0v) is 11.6. The van der Waals surface area contributed by atoms with Crippen molar-refractivity contribution in [2.24, 2.45) is 0 Å². The van der Waals surface area contributed by atoms with E-state index in [9.17, 15) is 4.79 Å². The number of nitrogens with one attached hydrogen (secondary N) is 3. The lowest BCUT2D eigenvalue weighted by Gasteiger charge is -2.22. The Hall–Kier alpha value is -2.15. The Kier molecular flexibility index (Phi) is 5.74. The van der Waals surface area contributed by atoms with Gasteiger partial charge in [-0.05, 0) is 31.3 Å². The average Bonchev–Trinajstić information content (AvgIpc) is 2.40. The quantitative estimate of drug-likeness (QED) is 0.440. The summed E-state index contributed by atoms with van der Waals surface area (Å²) in [5.74, 6) is 0. The summed E-state index contributed by atoms with van der Waals surface area (Å²) in [5.41, 5.74) is 0.612. The number of hydrogen-bond donors (Lipinski definition) is 3. The van der Waals surface area contributed by atoms with Crippen LogP contribution in [0.2, 0.25) is 0 Å². The molecule has 0 saturated carbocycles. The number of rotatable bonds is 2. The molecule has 1 aromatic carbocycles. The van der Waals surface area contributed by atoms with Gasteiger partial charge >= 0.3 is 6.03 Å². The van der Waals surface area contributed by atoms with Crippen molar-refractivity contribution < 1.29 is 9.53 Å². The molecule has 3 N–H and O–H groups in total. The number of nitrogens with zero attached hydrogens (tertiary/aromatic N) is 1. The maximum Gasteiger partial charge on any atom is 0.336 e. The number of amides is 2. The van der Waals surface area contributed by atoms with Crippen LogP contribution < -0.4 is 10.6 Å². The zero-order chi connectivity index (χ0) is 14.3. The Morgan fingerprint density at radius 1 is 1.42 bits per heavy atom. The minimum atomic E-state index is -0.552. The third kappa shape index (κ3) is 4.22. The van der Waals surface area contributed by atoms with E-state index in [2.05, 4.69) is 10.6 Å². The summed E-state index contributed by atoms with van der Waals surface area (Å²) in [6, 6.07) is 8.01. The van der Waals surface area contributed by atoms with E-state index in [1.54, 1.807) is 24.3 Å². The number of methoxy groups -OCH3 is 1. The van der Waals surface area contributed by atoms with Crippen LogP contribution in [0, 0.1) is 5.41 Å². The molecule has 1 aromatic rings. The van der Waals surface area contributed by atoms with Crippen molar-refractivity contribution >= 4 is 35.1 Å². The van der Waals surface area contributed by atoms with Crippen LogP contribution in [0.5, 0.6) is 0 Å². The Morgan fingerprint density at radius 3 is 2.58 bits per heavy atom. The van der Waals surface area contributed by atoms with E-state index in [1.165, 1.54) is 7.11 Å². The molecule has 0 heterocycles. The molecule has 2 amide bonds. The summed E-state index contributed by atoms with van der Waals surface area (Å²) in [7, 11) is 1.31. The lowest BCUT2D eigenvalue weighted by atomic mass is 10.3. The second kappa shape index (κ2) is 7.32. The van der Waals surface area contributed by atoms with Crippen LogP contribution >= 0.6 is 12.2 Å². The average molecular weight is 280 g/mol. The fraction of sp³-hybridized carbons (Fsp3) is 0.250. The summed E-state index contributed by atoms with van der Waals surface area (Å²) < 4.78 is 4.76. The van der Waals surface area contributed by atoms with E-state index in [0.717, 1.165) is 4.90 Å². The Morgan fingerprint density at radius 2 is 2.05 bits per heavy atom. The molecule has 0 aliphatic rings. The van der Waals surface area contributed by atoms with Crippen LogP contribution in [0.25, 0.3) is 0 Å². The number of carbonyl (C=O) groups is 1. The lowest BCUT2D eigenvalue weighted by Crippen LogP contribution is -2.49. The number of benzene rings is 1. The lowest BCUT2D eigenvalue weighted by molar-refractivity contribution is 0.236. The van der Waals surface area contributed by atoms with Crippen molar-refractivity contribution in [2.45, 2.75) is 6.92 Å². The molecular weight excluding hydrogens is 264 g/mol. The maximum atomic E-state index is 12.1. The van der Waals surface area contributed by atoms with Gasteiger partial charge in [-0.2, -0.15) is 4.90 Å². The normalized spacial score (nSPS) is 9.37. The second-order valence-corrected chi connectivity index (χ2v) is 3.86. The van der Waals surface area contributed by atoms with Crippen LogP contribution in [-0.2, 0) is 4.74 Å². The first-order valence-corrected chi connectivity index (χ1v) is 6.07. The molecule has 6 nitrogen and oxygen atoms in total. The standard InChI is InChI=1S/C12H16N4O2S/c1-3-14-12(19)16(10(13)18-2)11(17)15-9-7-5-4-6-8-9/h4-8,13H,3H2,1-2H3,(H,14,19)(H,15,17).